The van der Waals surface area contributed by atoms with E-state index in [1.807, 2.05) is 0 Å². The molecule has 0 rings (SSSR count). The molecule has 0 heterocycles. The smallest absolute Gasteiger partial charge is 0.306 e. The van der Waals surface area contributed by atoms with E-state index in [1.54, 1.807) is 0 Å². The van der Waals surface area contributed by atoms with Crippen molar-refractivity contribution in [1.82, 2.24) is 0 Å². The summed E-state index contributed by atoms with van der Waals surface area (Å²) in [5.74, 6) is -0.937. The van der Waals surface area contributed by atoms with Gasteiger partial charge in [-0.25, -0.2) is 0 Å². The van der Waals surface area contributed by atoms with Gasteiger partial charge in [-0.15, -0.1) is 0 Å². The first-order valence-corrected chi connectivity index (χ1v) is 31.5. The third-order valence-electron chi connectivity index (χ3n) is 13.2. The Kier molecular flexibility index (Phi) is 59.9. The molecule has 432 valence electrons. The van der Waals surface area contributed by atoms with Crippen LogP contribution in [0.1, 0.15) is 284 Å². The van der Waals surface area contributed by atoms with Gasteiger partial charge in [0.15, 0.2) is 6.10 Å². The minimum Gasteiger partial charge on any atom is -0.462 e. The van der Waals surface area contributed by atoms with Gasteiger partial charge in [-0.1, -0.05) is 258 Å². The van der Waals surface area contributed by atoms with Crippen molar-refractivity contribution in [2.75, 3.05) is 13.2 Å². The molecule has 1 unspecified atom stereocenters. The number of hydrogen-bond donors (Lipinski definition) is 0. The van der Waals surface area contributed by atoms with Crippen molar-refractivity contribution >= 4 is 17.9 Å². The SMILES string of the molecule is CC/C=C\C/C=C\C/C=C\C/C=C\C/C=C\C/C=C\CCCCCCC(=O)OCC(COC(=O)CCCCCCC/C=C\C/C=C\CCCC)OC(=O)CCCCCCCCCCC/C=C\C/C=C\CCCCCCC. The molecule has 0 aromatic carbocycles. The van der Waals surface area contributed by atoms with Crippen molar-refractivity contribution in [2.45, 2.75) is 290 Å². The van der Waals surface area contributed by atoms with Crippen molar-refractivity contribution in [2.24, 2.45) is 0 Å². The molecule has 0 aliphatic heterocycles. The average molecular weight is 1050 g/mol. The second-order valence-electron chi connectivity index (χ2n) is 20.6. The zero-order valence-electron chi connectivity index (χ0n) is 49.5. The molecule has 0 saturated carbocycles. The topological polar surface area (TPSA) is 78.9 Å². The highest BCUT2D eigenvalue weighted by atomic mass is 16.6. The number of carbonyl (C=O) groups excluding carboxylic acids is 3. The van der Waals surface area contributed by atoms with Crippen LogP contribution in [0.25, 0.3) is 0 Å². The molecular formula is C70H116O6. The van der Waals surface area contributed by atoms with Gasteiger partial charge in [0.2, 0.25) is 0 Å². The van der Waals surface area contributed by atoms with E-state index in [-0.39, 0.29) is 31.1 Å². The predicted octanol–water partition coefficient (Wildman–Crippen LogP) is 21.6. The molecule has 0 aliphatic rings. The van der Waals surface area contributed by atoms with Crippen molar-refractivity contribution in [3.63, 3.8) is 0 Å². The summed E-state index contributed by atoms with van der Waals surface area (Å²) >= 11 is 0. The lowest BCUT2D eigenvalue weighted by atomic mass is 10.1. The minimum absolute atomic E-state index is 0.0977. The van der Waals surface area contributed by atoms with Gasteiger partial charge in [0.25, 0.3) is 0 Å². The molecule has 0 aromatic rings. The first-order valence-electron chi connectivity index (χ1n) is 31.5. The van der Waals surface area contributed by atoms with Crippen LogP contribution in [0.15, 0.2) is 122 Å². The van der Waals surface area contributed by atoms with Crippen LogP contribution in [0.5, 0.6) is 0 Å². The molecule has 0 N–H and O–H groups in total. The number of carbonyl (C=O) groups is 3. The fourth-order valence-corrected chi connectivity index (χ4v) is 8.43. The van der Waals surface area contributed by atoms with Crippen molar-refractivity contribution < 1.29 is 28.6 Å². The summed E-state index contributed by atoms with van der Waals surface area (Å²) in [5, 5.41) is 0. The number of allylic oxidation sites excluding steroid dienone is 20. The summed E-state index contributed by atoms with van der Waals surface area (Å²) in [6.07, 6.45) is 87.6. The van der Waals surface area contributed by atoms with Gasteiger partial charge in [-0.2, -0.15) is 0 Å². The third-order valence-corrected chi connectivity index (χ3v) is 13.2. The zero-order chi connectivity index (χ0) is 55.0. The largest absolute Gasteiger partial charge is 0.462 e. The van der Waals surface area contributed by atoms with Crippen LogP contribution in [-0.4, -0.2) is 37.2 Å². The predicted molar refractivity (Wildman–Crippen MR) is 330 cm³/mol. The summed E-state index contributed by atoms with van der Waals surface area (Å²) in [4.78, 5) is 38.3. The zero-order valence-corrected chi connectivity index (χ0v) is 49.5. The molecule has 0 spiro atoms. The maximum atomic E-state index is 12.9. The Morgan fingerprint density at radius 3 is 0.842 bits per heavy atom. The minimum atomic E-state index is -0.802. The van der Waals surface area contributed by atoms with Gasteiger partial charge in [0.1, 0.15) is 13.2 Å². The monoisotopic (exact) mass is 1050 g/mol. The molecule has 0 amide bonds. The molecule has 0 radical (unpaired) electrons. The summed E-state index contributed by atoms with van der Waals surface area (Å²) in [5.41, 5.74) is 0. The van der Waals surface area contributed by atoms with E-state index in [2.05, 4.69) is 142 Å². The van der Waals surface area contributed by atoms with Gasteiger partial charge in [0, 0.05) is 19.3 Å². The molecule has 0 aromatic heterocycles. The van der Waals surface area contributed by atoms with Crippen LogP contribution in [0.2, 0.25) is 0 Å². The van der Waals surface area contributed by atoms with Gasteiger partial charge < -0.3 is 14.2 Å². The Hall–Kier alpha value is -4.19. The summed E-state index contributed by atoms with van der Waals surface area (Å²) in [7, 11) is 0. The first kappa shape index (κ1) is 71.8. The molecule has 76 heavy (non-hydrogen) atoms. The number of unbranched alkanes of at least 4 members (excludes halogenated alkanes) is 25. The molecule has 0 fully saturated rings. The molecular weight excluding hydrogens is 937 g/mol. The Morgan fingerprint density at radius 1 is 0.276 bits per heavy atom. The third kappa shape index (κ3) is 60.7. The Bertz CT molecular complexity index is 1590. The van der Waals surface area contributed by atoms with Crippen molar-refractivity contribution in [3.05, 3.63) is 122 Å². The second kappa shape index (κ2) is 63.3. The molecule has 0 bridgehead atoms. The highest BCUT2D eigenvalue weighted by Gasteiger charge is 2.19. The Balaban J connectivity index is 4.45. The van der Waals surface area contributed by atoms with Gasteiger partial charge in [-0.05, 0) is 128 Å². The van der Waals surface area contributed by atoms with E-state index in [4.69, 9.17) is 14.2 Å². The maximum Gasteiger partial charge on any atom is 0.306 e. The van der Waals surface area contributed by atoms with Crippen LogP contribution in [-0.2, 0) is 28.6 Å². The van der Waals surface area contributed by atoms with E-state index in [0.717, 1.165) is 141 Å². The van der Waals surface area contributed by atoms with Crippen molar-refractivity contribution in [3.8, 4) is 0 Å². The first-order chi connectivity index (χ1) is 37.5. The number of rotatable bonds is 56. The number of hydrogen-bond acceptors (Lipinski definition) is 6. The molecule has 0 saturated heterocycles. The van der Waals surface area contributed by atoms with E-state index >= 15 is 0 Å². The Labute approximate surface area is 469 Å². The highest BCUT2D eigenvalue weighted by molar-refractivity contribution is 5.71. The van der Waals surface area contributed by atoms with E-state index in [1.165, 1.54) is 103 Å². The van der Waals surface area contributed by atoms with Crippen molar-refractivity contribution in [1.29, 1.82) is 0 Å². The normalized spacial score (nSPS) is 12.9. The fraction of sp³-hybridized carbons (Fsp3) is 0.671. The van der Waals surface area contributed by atoms with Crippen LogP contribution in [0.4, 0.5) is 0 Å². The Morgan fingerprint density at radius 2 is 0.526 bits per heavy atom. The van der Waals surface area contributed by atoms with E-state index in [0.29, 0.717) is 19.3 Å². The van der Waals surface area contributed by atoms with Crippen LogP contribution < -0.4 is 0 Å². The van der Waals surface area contributed by atoms with Crippen LogP contribution in [0, 0.1) is 0 Å². The summed E-state index contributed by atoms with van der Waals surface area (Å²) < 4.78 is 16.9. The molecule has 6 nitrogen and oxygen atoms in total. The summed E-state index contributed by atoms with van der Waals surface area (Å²) in [6.45, 7) is 6.45. The number of esters is 3. The quantitative estimate of drug-likeness (QED) is 0.0261. The van der Waals surface area contributed by atoms with Gasteiger partial charge in [-0.3, -0.25) is 14.4 Å². The lowest BCUT2D eigenvalue weighted by molar-refractivity contribution is -0.167. The van der Waals surface area contributed by atoms with Gasteiger partial charge >= 0.3 is 17.9 Å². The van der Waals surface area contributed by atoms with Crippen LogP contribution >= 0.6 is 0 Å². The maximum absolute atomic E-state index is 12.9. The molecule has 1 atom stereocenters. The van der Waals surface area contributed by atoms with Crippen LogP contribution in [0.3, 0.4) is 0 Å². The number of ether oxygens (including phenoxy) is 3. The summed E-state index contributed by atoms with van der Waals surface area (Å²) in [6, 6.07) is 0. The van der Waals surface area contributed by atoms with E-state index < -0.39 is 6.10 Å². The standard InChI is InChI=1S/C70H116O6/c1-4-7-10-13-16-19-22-25-28-30-32-34-35-37-38-40-42-45-48-51-54-57-60-63-69(72)75-66-67(65-74-68(71)62-59-56-53-50-47-44-27-24-21-18-15-12-9-6-3)76-70(73)64-61-58-55-52-49-46-43-41-39-36-33-31-29-26-23-20-17-14-11-8-5-2/h7,10,15-16,18-19,23-28,31-34,37-38,42,45,67H,4-6,8-9,11-14,17,20-22,29-30,35-36,39-41,43-44,46-66H2,1-3H3/b10-7-,18-15-,19-16-,26-23-,27-24-,28-25-,33-31-,34-32-,38-37-,45-42-. The molecule has 6 heteroatoms. The lowest BCUT2D eigenvalue weighted by Crippen LogP contribution is -2.30. The fourth-order valence-electron chi connectivity index (χ4n) is 8.43. The average Bonchev–Trinajstić information content (AvgIpc) is 3.42. The van der Waals surface area contributed by atoms with E-state index in [9.17, 15) is 14.4 Å². The highest BCUT2D eigenvalue weighted by Crippen LogP contribution is 2.15. The molecule has 0 aliphatic carbocycles. The van der Waals surface area contributed by atoms with Gasteiger partial charge in [0.05, 0.1) is 0 Å². The lowest BCUT2D eigenvalue weighted by Gasteiger charge is -2.18. The second-order valence-corrected chi connectivity index (χ2v) is 20.6.